The molecule has 0 aliphatic rings. The topological polar surface area (TPSA) is 39.1 Å². The number of nitrogens with zero attached hydrogens (tertiary/aromatic N) is 2. The summed E-state index contributed by atoms with van der Waals surface area (Å²) in [5, 5.41) is 7.76. The van der Waals surface area contributed by atoms with Crippen molar-refractivity contribution in [1.82, 2.24) is 15.1 Å². The fourth-order valence-corrected chi connectivity index (χ4v) is 2.57. The first kappa shape index (κ1) is 16.0. The van der Waals surface area contributed by atoms with Gasteiger partial charge in [-0.05, 0) is 50.2 Å². The molecular weight excluding hydrogens is 330 g/mol. The molecule has 0 amide bonds. The van der Waals surface area contributed by atoms with Gasteiger partial charge in [0.25, 0.3) is 0 Å². The van der Waals surface area contributed by atoms with Gasteiger partial charge in [-0.1, -0.05) is 22.9 Å². The molecule has 0 unspecified atom stereocenters. The SMILES string of the molecule is CCNCc1cc(OCc2cc(C)nn2CC)ccc1Br. The summed E-state index contributed by atoms with van der Waals surface area (Å²) in [5.41, 5.74) is 3.33. The van der Waals surface area contributed by atoms with Crippen LogP contribution < -0.4 is 10.1 Å². The summed E-state index contributed by atoms with van der Waals surface area (Å²) in [6.07, 6.45) is 0. The molecule has 0 aliphatic heterocycles. The number of hydrogen-bond donors (Lipinski definition) is 1. The first-order chi connectivity index (χ1) is 10.1. The average Bonchev–Trinajstić information content (AvgIpc) is 2.85. The van der Waals surface area contributed by atoms with E-state index < -0.39 is 0 Å². The number of halogens is 1. The molecule has 21 heavy (non-hydrogen) atoms. The molecule has 1 N–H and O–H groups in total. The van der Waals surface area contributed by atoms with E-state index >= 15 is 0 Å². The van der Waals surface area contributed by atoms with Crippen LogP contribution in [0.2, 0.25) is 0 Å². The molecule has 0 radical (unpaired) electrons. The lowest BCUT2D eigenvalue weighted by Gasteiger charge is -2.11. The van der Waals surface area contributed by atoms with Crippen molar-refractivity contribution in [2.75, 3.05) is 6.54 Å². The zero-order valence-corrected chi connectivity index (χ0v) is 14.4. The van der Waals surface area contributed by atoms with E-state index in [-0.39, 0.29) is 0 Å². The molecule has 1 aromatic heterocycles. The van der Waals surface area contributed by atoms with Gasteiger partial charge in [0.1, 0.15) is 12.4 Å². The minimum Gasteiger partial charge on any atom is -0.487 e. The van der Waals surface area contributed by atoms with Gasteiger partial charge < -0.3 is 10.1 Å². The normalized spacial score (nSPS) is 10.9. The lowest BCUT2D eigenvalue weighted by atomic mass is 10.2. The van der Waals surface area contributed by atoms with Gasteiger partial charge in [0, 0.05) is 17.6 Å². The van der Waals surface area contributed by atoms with Crippen molar-refractivity contribution in [3.63, 3.8) is 0 Å². The van der Waals surface area contributed by atoms with E-state index in [0.717, 1.165) is 41.2 Å². The Bertz CT molecular complexity index is 595. The molecule has 0 aliphatic carbocycles. The zero-order valence-electron chi connectivity index (χ0n) is 12.8. The van der Waals surface area contributed by atoms with Gasteiger partial charge in [-0.25, -0.2) is 0 Å². The molecule has 4 nitrogen and oxygen atoms in total. The Kier molecular flexibility index (Phi) is 5.82. The minimum absolute atomic E-state index is 0.539. The molecule has 0 atom stereocenters. The summed E-state index contributed by atoms with van der Waals surface area (Å²) in [7, 11) is 0. The van der Waals surface area contributed by atoms with Gasteiger partial charge in [-0.2, -0.15) is 5.10 Å². The fourth-order valence-electron chi connectivity index (χ4n) is 2.18. The molecule has 114 valence electrons. The molecule has 0 spiro atoms. The number of hydrogen-bond acceptors (Lipinski definition) is 3. The number of aromatic nitrogens is 2. The number of ether oxygens (including phenoxy) is 1. The van der Waals surface area contributed by atoms with E-state index in [1.165, 1.54) is 5.56 Å². The van der Waals surface area contributed by atoms with E-state index in [0.29, 0.717) is 6.61 Å². The van der Waals surface area contributed by atoms with E-state index in [2.05, 4.69) is 52.3 Å². The standard InChI is InChI=1S/C16H22BrN3O/c1-4-18-10-13-9-15(6-7-16(13)17)21-11-14-8-12(3)19-20(14)5-2/h6-9,18H,4-5,10-11H2,1-3H3. The first-order valence-corrected chi connectivity index (χ1v) is 8.08. The highest BCUT2D eigenvalue weighted by molar-refractivity contribution is 9.10. The Labute approximate surface area is 134 Å². The van der Waals surface area contributed by atoms with Crippen LogP contribution in [-0.2, 0) is 19.7 Å². The monoisotopic (exact) mass is 351 g/mol. The second-order valence-corrected chi connectivity index (χ2v) is 5.77. The maximum absolute atomic E-state index is 5.91. The van der Waals surface area contributed by atoms with Crippen molar-refractivity contribution in [2.45, 2.75) is 40.5 Å². The van der Waals surface area contributed by atoms with Gasteiger partial charge in [-0.15, -0.1) is 0 Å². The lowest BCUT2D eigenvalue weighted by Crippen LogP contribution is -2.12. The van der Waals surface area contributed by atoms with Crippen molar-refractivity contribution in [1.29, 1.82) is 0 Å². The third kappa shape index (κ3) is 4.32. The molecule has 0 saturated heterocycles. The van der Waals surface area contributed by atoms with Crippen LogP contribution in [0, 0.1) is 6.92 Å². The van der Waals surface area contributed by atoms with Crippen molar-refractivity contribution in [3.05, 3.63) is 45.7 Å². The Hall–Kier alpha value is -1.33. The molecule has 1 aromatic carbocycles. The summed E-state index contributed by atoms with van der Waals surface area (Å²) in [4.78, 5) is 0. The predicted molar refractivity (Wildman–Crippen MR) is 88.5 cm³/mol. The van der Waals surface area contributed by atoms with Crippen LogP contribution in [0.25, 0.3) is 0 Å². The summed E-state index contributed by atoms with van der Waals surface area (Å²) in [6, 6.07) is 8.16. The summed E-state index contributed by atoms with van der Waals surface area (Å²) in [5.74, 6) is 0.882. The van der Waals surface area contributed by atoms with Gasteiger partial charge >= 0.3 is 0 Å². The second kappa shape index (κ2) is 7.61. The number of benzene rings is 1. The number of aryl methyl sites for hydroxylation is 2. The third-order valence-corrected chi connectivity index (χ3v) is 4.03. The average molecular weight is 352 g/mol. The Morgan fingerprint density at radius 1 is 1.29 bits per heavy atom. The van der Waals surface area contributed by atoms with Crippen molar-refractivity contribution < 1.29 is 4.74 Å². The molecular formula is C16H22BrN3O. The molecule has 0 fully saturated rings. The molecule has 2 aromatic rings. The van der Waals surface area contributed by atoms with Crippen LogP contribution in [0.5, 0.6) is 5.75 Å². The van der Waals surface area contributed by atoms with Gasteiger partial charge in [0.05, 0.1) is 11.4 Å². The predicted octanol–water partition coefficient (Wildman–Crippen LogP) is 3.66. The largest absolute Gasteiger partial charge is 0.487 e. The Morgan fingerprint density at radius 3 is 2.81 bits per heavy atom. The van der Waals surface area contributed by atoms with Gasteiger partial charge in [0.2, 0.25) is 0 Å². The quantitative estimate of drug-likeness (QED) is 0.827. The number of nitrogens with one attached hydrogen (secondary N) is 1. The fraction of sp³-hybridized carbons (Fsp3) is 0.438. The Balaban J connectivity index is 2.05. The highest BCUT2D eigenvalue weighted by atomic mass is 79.9. The van der Waals surface area contributed by atoms with Crippen LogP contribution in [0.15, 0.2) is 28.7 Å². The maximum Gasteiger partial charge on any atom is 0.130 e. The minimum atomic E-state index is 0.539. The summed E-state index contributed by atoms with van der Waals surface area (Å²) < 4.78 is 9.00. The first-order valence-electron chi connectivity index (χ1n) is 7.29. The second-order valence-electron chi connectivity index (χ2n) is 4.92. The van der Waals surface area contributed by atoms with Gasteiger partial charge in [-0.3, -0.25) is 4.68 Å². The zero-order chi connectivity index (χ0) is 15.2. The smallest absolute Gasteiger partial charge is 0.130 e. The third-order valence-electron chi connectivity index (χ3n) is 3.25. The van der Waals surface area contributed by atoms with Crippen LogP contribution in [0.4, 0.5) is 0 Å². The van der Waals surface area contributed by atoms with Crippen molar-refractivity contribution >= 4 is 15.9 Å². The van der Waals surface area contributed by atoms with Crippen LogP contribution >= 0.6 is 15.9 Å². The highest BCUT2D eigenvalue weighted by Crippen LogP contribution is 2.23. The van der Waals surface area contributed by atoms with E-state index in [9.17, 15) is 0 Å². The van der Waals surface area contributed by atoms with Crippen LogP contribution in [-0.4, -0.2) is 16.3 Å². The van der Waals surface area contributed by atoms with Crippen molar-refractivity contribution in [2.24, 2.45) is 0 Å². The van der Waals surface area contributed by atoms with E-state index in [1.54, 1.807) is 0 Å². The van der Waals surface area contributed by atoms with Gasteiger partial charge in [0.15, 0.2) is 0 Å². The van der Waals surface area contributed by atoms with E-state index in [1.807, 2.05) is 23.7 Å². The lowest BCUT2D eigenvalue weighted by molar-refractivity contribution is 0.292. The Morgan fingerprint density at radius 2 is 2.10 bits per heavy atom. The molecule has 0 bridgehead atoms. The maximum atomic E-state index is 5.91. The summed E-state index contributed by atoms with van der Waals surface area (Å²) >= 11 is 3.57. The van der Waals surface area contributed by atoms with Crippen molar-refractivity contribution in [3.8, 4) is 5.75 Å². The van der Waals surface area contributed by atoms with Crippen LogP contribution in [0.1, 0.15) is 30.8 Å². The van der Waals surface area contributed by atoms with Crippen LogP contribution in [0.3, 0.4) is 0 Å². The van der Waals surface area contributed by atoms with E-state index in [4.69, 9.17) is 4.74 Å². The highest BCUT2D eigenvalue weighted by Gasteiger charge is 2.06. The molecule has 1 heterocycles. The molecule has 2 rings (SSSR count). The molecule has 0 saturated carbocycles. The summed E-state index contributed by atoms with van der Waals surface area (Å²) in [6.45, 7) is 9.37. The number of rotatable bonds is 7. The molecule has 5 heteroatoms.